The monoisotopic (exact) mass is 268 g/mol. The molecule has 0 aromatic heterocycles. The number of anilines is 1. The van der Waals surface area contributed by atoms with E-state index >= 15 is 0 Å². The van der Waals surface area contributed by atoms with Crippen LogP contribution in [0.15, 0.2) is 18.2 Å². The quantitative estimate of drug-likeness (QED) is 0.912. The number of hydrogen-bond acceptors (Lipinski definition) is 3. The van der Waals surface area contributed by atoms with Crippen molar-refractivity contribution in [2.75, 3.05) is 31.1 Å². The number of halogens is 1. The highest BCUT2D eigenvalue weighted by atomic mass is 35.5. The van der Waals surface area contributed by atoms with Gasteiger partial charge in [0.2, 0.25) is 0 Å². The largest absolute Gasteiger partial charge is 0.392 e. The molecule has 1 aliphatic rings. The molecule has 0 aliphatic carbocycles. The average Bonchev–Trinajstić information content (AvgIpc) is 2.38. The number of aliphatic hydroxyl groups excluding tert-OH is 1. The second kappa shape index (κ2) is 5.91. The van der Waals surface area contributed by atoms with Crippen LogP contribution in [0.1, 0.15) is 19.4 Å². The Labute approximate surface area is 114 Å². The first kappa shape index (κ1) is 13.7. The minimum Gasteiger partial charge on any atom is -0.392 e. The number of aliphatic hydroxyl groups is 1. The third-order valence-corrected chi connectivity index (χ3v) is 4.12. The Balaban J connectivity index is 2.20. The van der Waals surface area contributed by atoms with Crippen molar-refractivity contribution in [1.29, 1.82) is 0 Å². The van der Waals surface area contributed by atoms with Crippen LogP contribution in [0.2, 0.25) is 5.02 Å². The summed E-state index contributed by atoms with van der Waals surface area (Å²) >= 11 is 6.14. The van der Waals surface area contributed by atoms with Crippen LogP contribution in [-0.4, -0.2) is 42.2 Å². The molecule has 0 radical (unpaired) electrons. The van der Waals surface area contributed by atoms with Gasteiger partial charge in [0, 0.05) is 41.9 Å². The molecule has 2 rings (SSSR count). The Kier molecular flexibility index (Phi) is 4.49. The van der Waals surface area contributed by atoms with E-state index in [1.807, 2.05) is 18.2 Å². The molecule has 1 saturated heterocycles. The fourth-order valence-electron chi connectivity index (χ4n) is 2.68. The predicted molar refractivity (Wildman–Crippen MR) is 76.3 cm³/mol. The van der Waals surface area contributed by atoms with Gasteiger partial charge in [0.15, 0.2) is 0 Å². The van der Waals surface area contributed by atoms with E-state index in [-0.39, 0.29) is 6.61 Å². The zero-order valence-corrected chi connectivity index (χ0v) is 11.8. The van der Waals surface area contributed by atoms with Gasteiger partial charge in [-0.1, -0.05) is 24.6 Å². The number of likely N-dealkylation sites (N-methyl/N-ethyl adjacent to an activating group) is 1. The maximum absolute atomic E-state index is 9.47. The smallest absolute Gasteiger partial charge is 0.0716 e. The van der Waals surface area contributed by atoms with E-state index in [0.29, 0.717) is 11.1 Å². The van der Waals surface area contributed by atoms with Crippen LogP contribution in [0.4, 0.5) is 5.69 Å². The molecule has 1 aromatic rings. The molecule has 0 amide bonds. The summed E-state index contributed by atoms with van der Waals surface area (Å²) in [6, 6.07) is 6.37. The molecule has 3 nitrogen and oxygen atoms in total. The van der Waals surface area contributed by atoms with Crippen molar-refractivity contribution in [1.82, 2.24) is 4.90 Å². The fraction of sp³-hybridized carbons (Fsp3) is 0.571. The molecular formula is C14H21ClN2O. The summed E-state index contributed by atoms with van der Waals surface area (Å²) in [5.41, 5.74) is 1.92. The second-order valence-electron chi connectivity index (χ2n) is 4.82. The number of benzene rings is 1. The van der Waals surface area contributed by atoms with Crippen LogP contribution in [0, 0.1) is 0 Å². The van der Waals surface area contributed by atoms with Gasteiger partial charge in [-0.05, 0) is 25.6 Å². The first-order chi connectivity index (χ1) is 8.67. The van der Waals surface area contributed by atoms with Gasteiger partial charge in [-0.15, -0.1) is 0 Å². The summed E-state index contributed by atoms with van der Waals surface area (Å²) in [5.74, 6) is 0. The number of piperazine rings is 1. The Morgan fingerprint density at radius 2 is 2.17 bits per heavy atom. The van der Waals surface area contributed by atoms with Crippen LogP contribution >= 0.6 is 11.6 Å². The lowest BCUT2D eigenvalue weighted by Crippen LogP contribution is -2.52. The van der Waals surface area contributed by atoms with E-state index in [1.165, 1.54) is 0 Å². The molecule has 0 bridgehead atoms. The average molecular weight is 269 g/mol. The highest BCUT2D eigenvalue weighted by molar-refractivity contribution is 6.31. The Bertz CT molecular complexity index is 411. The summed E-state index contributed by atoms with van der Waals surface area (Å²) in [7, 11) is 0. The standard InChI is InChI=1S/C14H21ClN2O/c1-3-16-7-8-17(9-11(16)2)14-6-4-5-13(15)12(14)10-18/h4-6,11,18H,3,7-10H2,1-2H3. The topological polar surface area (TPSA) is 26.7 Å². The lowest BCUT2D eigenvalue weighted by atomic mass is 10.1. The van der Waals surface area contributed by atoms with Crippen molar-refractivity contribution in [2.45, 2.75) is 26.5 Å². The van der Waals surface area contributed by atoms with E-state index < -0.39 is 0 Å². The van der Waals surface area contributed by atoms with Crippen molar-refractivity contribution in [3.8, 4) is 0 Å². The van der Waals surface area contributed by atoms with Gasteiger partial charge in [0.25, 0.3) is 0 Å². The van der Waals surface area contributed by atoms with Crippen molar-refractivity contribution < 1.29 is 5.11 Å². The zero-order valence-electron chi connectivity index (χ0n) is 11.1. The van der Waals surface area contributed by atoms with E-state index in [4.69, 9.17) is 11.6 Å². The lowest BCUT2D eigenvalue weighted by Gasteiger charge is -2.41. The molecule has 1 fully saturated rings. The highest BCUT2D eigenvalue weighted by Crippen LogP contribution is 2.29. The van der Waals surface area contributed by atoms with Gasteiger partial charge in [-0.25, -0.2) is 0 Å². The van der Waals surface area contributed by atoms with Crippen molar-refractivity contribution in [3.63, 3.8) is 0 Å². The van der Waals surface area contributed by atoms with Crippen LogP contribution in [0.25, 0.3) is 0 Å². The zero-order chi connectivity index (χ0) is 13.1. The molecule has 100 valence electrons. The van der Waals surface area contributed by atoms with Crippen LogP contribution in [-0.2, 0) is 6.61 Å². The van der Waals surface area contributed by atoms with E-state index in [2.05, 4.69) is 23.6 Å². The SMILES string of the molecule is CCN1CCN(c2cccc(Cl)c2CO)CC1C. The van der Waals surface area contributed by atoms with Crippen molar-refractivity contribution >= 4 is 17.3 Å². The third-order valence-electron chi connectivity index (χ3n) is 3.76. The summed E-state index contributed by atoms with van der Waals surface area (Å²) < 4.78 is 0. The molecule has 0 spiro atoms. The van der Waals surface area contributed by atoms with Gasteiger partial charge >= 0.3 is 0 Å². The minimum atomic E-state index is -0.00260. The third kappa shape index (κ3) is 2.63. The van der Waals surface area contributed by atoms with Crippen molar-refractivity contribution in [2.24, 2.45) is 0 Å². The normalized spacial score (nSPS) is 21.3. The molecule has 1 unspecified atom stereocenters. The van der Waals surface area contributed by atoms with Gasteiger partial charge < -0.3 is 10.0 Å². The van der Waals surface area contributed by atoms with E-state index in [1.54, 1.807) is 0 Å². The van der Waals surface area contributed by atoms with Crippen molar-refractivity contribution in [3.05, 3.63) is 28.8 Å². The highest BCUT2D eigenvalue weighted by Gasteiger charge is 2.24. The molecule has 4 heteroatoms. The Morgan fingerprint density at radius 1 is 1.39 bits per heavy atom. The molecule has 1 aliphatic heterocycles. The predicted octanol–water partition coefficient (Wildman–Crippen LogP) is 2.36. The Morgan fingerprint density at radius 3 is 2.78 bits per heavy atom. The number of hydrogen-bond donors (Lipinski definition) is 1. The van der Waals surface area contributed by atoms with Crippen LogP contribution in [0.3, 0.4) is 0 Å². The second-order valence-corrected chi connectivity index (χ2v) is 5.23. The first-order valence-electron chi connectivity index (χ1n) is 6.54. The Hall–Kier alpha value is -0.770. The number of nitrogens with zero attached hydrogens (tertiary/aromatic N) is 2. The molecular weight excluding hydrogens is 248 g/mol. The molecule has 1 aromatic carbocycles. The molecule has 1 N–H and O–H groups in total. The molecule has 18 heavy (non-hydrogen) atoms. The number of rotatable bonds is 3. The van der Waals surface area contributed by atoms with Gasteiger partial charge in [-0.3, -0.25) is 4.90 Å². The van der Waals surface area contributed by atoms with Gasteiger partial charge in [0.1, 0.15) is 0 Å². The van der Waals surface area contributed by atoms with Crippen LogP contribution < -0.4 is 4.90 Å². The summed E-state index contributed by atoms with van der Waals surface area (Å²) in [6.07, 6.45) is 0. The maximum atomic E-state index is 9.47. The molecule has 1 atom stereocenters. The minimum absolute atomic E-state index is 0.00260. The van der Waals surface area contributed by atoms with Crippen LogP contribution in [0.5, 0.6) is 0 Å². The molecule has 0 saturated carbocycles. The maximum Gasteiger partial charge on any atom is 0.0716 e. The summed E-state index contributed by atoms with van der Waals surface area (Å²) in [4.78, 5) is 4.80. The van der Waals surface area contributed by atoms with Gasteiger partial charge in [0.05, 0.1) is 6.61 Å². The first-order valence-corrected chi connectivity index (χ1v) is 6.92. The molecule has 1 heterocycles. The van der Waals surface area contributed by atoms with Gasteiger partial charge in [-0.2, -0.15) is 0 Å². The van der Waals surface area contributed by atoms with E-state index in [9.17, 15) is 5.11 Å². The lowest BCUT2D eigenvalue weighted by molar-refractivity contribution is 0.199. The van der Waals surface area contributed by atoms with E-state index in [0.717, 1.165) is 37.4 Å². The summed E-state index contributed by atoms with van der Waals surface area (Å²) in [5, 5.41) is 10.1. The summed E-state index contributed by atoms with van der Waals surface area (Å²) in [6.45, 7) is 8.58. The fourth-order valence-corrected chi connectivity index (χ4v) is 2.91.